The second kappa shape index (κ2) is 6.08. The minimum Gasteiger partial charge on any atom is -0.544 e. The van der Waals surface area contributed by atoms with Crippen molar-refractivity contribution in [3.63, 3.8) is 0 Å². The highest BCUT2D eigenvalue weighted by molar-refractivity contribution is 5.98. The molecule has 1 nitrogen and oxygen atoms in total. The zero-order chi connectivity index (χ0) is 13.1. The molecule has 0 saturated carbocycles. The lowest BCUT2D eigenvalue weighted by Gasteiger charge is -2.31. The third kappa shape index (κ3) is 4.17. The molecule has 2 atom stereocenters. The summed E-state index contributed by atoms with van der Waals surface area (Å²) in [6.45, 7) is 11.7. The lowest BCUT2D eigenvalue weighted by Crippen LogP contribution is -2.21. The van der Waals surface area contributed by atoms with E-state index in [0.29, 0.717) is 11.3 Å². The van der Waals surface area contributed by atoms with Crippen LogP contribution in [0.2, 0.25) is 0 Å². The fraction of sp³-hybridized carbons (Fsp3) is 0.867. The Hall–Kier alpha value is -0.243. The van der Waals surface area contributed by atoms with Crippen LogP contribution in [0.5, 0.6) is 0 Å². The molecule has 0 saturated heterocycles. The molecule has 3 radical (unpaired) electrons. The molecule has 97 valence electrons. The molecule has 0 spiro atoms. The average molecular weight is 251 g/mol. The Balaban J connectivity index is 2.77. The van der Waals surface area contributed by atoms with Crippen molar-refractivity contribution in [2.45, 2.75) is 66.7 Å². The van der Waals surface area contributed by atoms with Crippen molar-refractivity contribution in [2.75, 3.05) is 0 Å². The molecule has 1 aliphatic carbocycles. The van der Waals surface area contributed by atoms with Gasteiger partial charge in [0.15, 0.2) is 0 Å². The SMILES string of the molecule is C/C1=C(\O[Si])CCCC(C(C)(C)C)CCC1C. The molecule has 0 aromatic carbocycles. The maximum atomic E-state index is 5.37. The monoisotopic (exact) mass is 251 g/mol. The third-order valence-electron chi connectivity index (χ3n) is 4.43. The van der Waals surface area contributed by atoms with Crippen LogP contribution in [0.15, 0.2) is 11.3 Å². The quantitative estimate of drug-likeness (QED) is 0.618. The molecule has 0 aromatic rings. The standard InChI is InChI=1S/C15H27OSi/c1-11-9-10-13(15(3,4)5)7-6-8-14(16-17)12(11)2/h11,13H,6-10H2,1-5H3/b14-12+. The Morgan fingerprint density at radius 2 is 1.82 bits per heavy atom. The summed E-state index contributed by atoms with van der Waals surface area (Å²) >= 11 is 0. The van der Waals surface area contributed by atoms with Gasteiger partial charge in [0, 0.05) is 6.42 Å². The second-order valence-electron chi connectivity index (χ2n) is 6.64. The van der Waals surface area contributed by atoms with Gasteiger partial charge in [-0.25, -0.2) is 0 Å². The van der Waals surface area contributed by atoms with Crippen molar-refractivity contribution in [1.29, 1.82) is 0 Å². The minimum atomic E-state index is 0.437. The van der Waals surface area contributed by atoms with Gasteiger partial charge in [-0.1, -0.05) is 27.7 Å². The summed E-state index contributed by atoms with van der Waals surface area (Å²) in [5.74, 6) is 2.64. The normalized spacial score (nSPS) is 32.6. The smallest absolute Gasteiger partial charge is 0.340 e. The van der Waals surface area contributed by atoms with E-state index in [-0.39, 0.29) is 0 Å². The van der Waals surface area contributed by atoms with Gasteiger partial charge in [-0.2, -0.15) is 0 Å². The van der Waals surface area contributed by atoms with Crippen molar-refractivity contribution < 1.29 is 4.43 Å². The highest BCUT2D eigenvalue weighted by Crippen LogP contribution is 2.38. The van der Waals surface area contributed by atoms with Crippen LogP contribution in [-0.2, 0) is 4.43 Å². The lowest BCUT2D eigenvalue weighted by atomic mass is 9.74. The molecule has 0 fully saturated rings. The molecule has 0 aliphatic heterocycles. The molecule has 17 heavy (non-hydrogen) atoms. The first-order valence-corrected chi connectivity index (χ1v) is 7.30. The molecule has 0 bridgehead atoms. The van der Waals surface area contributed by atoms with Gasteiger partial charge in [0.05, 0.1) is 5.76 Å². The van der Waals surface area contributed by atoms with E-state index in [0.717, 1.165) is 18.1 Å². The molecule has 1 aliphatic rings. The van der Waals surface area contributed by atoms with Gasteiger partial charge < -0.3 is 4.43 Å². The van der Waals surface area contributed by atoms with E-state index in [4.69, 9.17) is 4.43 Å². The molecule has 2 heteroatoms. The van der Waals surface area contributed by atoms with Crippen LogP contribution >= 0.6 is 0 Å². The van der Waals surface area contributed by atoms with Crippen molar-refractivity contribution in [2.24, 2.45) is 17.3 Å². The molecular weight excluding hydrogens is 224 g/mol. The maximum absolute atomic E-state index is 5.37. The number of allylic oxidation sites excluding steroid dienone is 2. The van der Waals surface area contributed by atoms with Crippen molar-refractivity contribution in [3.05, 3.63) is 11.3 Å². The van der Waals surface area contributed by atoms with E-state index in [9.17, 15) is 0 Å². The van der Waals surface area contributed by atoms with E-state index in [1.54, 1.807) is 0 Å². The van der Waals surface area contributed by atoms with Crippen LogP contribution in [0, 0.1) is 17.3 Å². The van der Waals surface area contributed by atoms with Crippen molar-refractivity contribution in [3.8, 4) is 0 Å². The Morgan fingerprint density at radius 1 is 1.18 bits per heavy atom. The topological polar surface area (TPSA) is 9.23 Å². The zero-order valence-electron chi connectivity index (χ0n) is 12.1. The van der Waals surface area contributed by atoms with E-state index in [2.05, 4.69) is 45.1 Å². The molecule has 0 aromatic heterocycles. The lowest BCUT2D eigenvalue weighted by molar-refractivity contribution is 0.200. The summed E-state index contributed by atoms with van der Waals surface area (Å²) in [6, 6.07) is 0. The van der Waals surface area contributed by atoms with Crippen molar-refractivity contribution in [1.82, 2.24) is 0 Å². The Bertz CT molecular complexity index is 275. The van der Waals surface area contributed by atoms with E-state index in [1.807, 2.05) is 0 Å². The fourth-order valence-corrected chi connectivity index (χ4v) is 3.05. The maximum Gasteiger partial charge on any atom is 0.340 e. The van der Waals surface area contributed by atoms with Gasteiger partial charge in [0.1, 0.15) is 0 Å². The summed E-state index contributed by atoms with van der Waals surface area (Å²) in [5.41, 5.74) is 1.86. The molecule has 0 heterocycles. The van der Waals surface area contributed by atoms with Crippen LogP contribution in [0.3, 0.4) is 0 Å². The van der Waals surface area contributed by atoms with Crippen molar-refractivity contribution >= 4 is 10.5 Å². The van der Waals surface area contributed by atoms with E-state index >= 15 is 0 Å². The van der Waals surface area contributed by atoms with Gasteiger partial charge in [-0.05, 0) is 55.4 Å². The minimum absolute atomic E-state index is 0.437. The van der Waals surface area contributed by atoms with E-state index in [1.165, 1.54) is 31.3 Å². The largest absolute Gasteiger partial charge is 0.544 e. The predicted octanol–water partition coefficient (Wildman–Crippen LogP) is 4.62. The fourth-order valence-electron chi connectivity index (χ4n) is 2.79. The Labute approximate surface area is 111 Å². The van der Waals surface area contributed by atoms with Gasteiger partial charge >= 0.3 is 10.5 Å². The molecule has 1 rings (SSSR count). The van der Waals surface area contributed by atoms with Gasteiger partial charge in [0.25, 0.3) is 0 Å². The molecule has 0 amide bonds. The van der Waals surface area contributed by atoms with Gasteiger partial charge in [-0.3, -0.25) is 0 Å². The average Bonchev–Trinajstić information content (AvgIpc) is 2.30. The van der Waals surface area contributed by atoms with Crippen LogP contribution in [0.1, 0.15) is 66.7 Å². The molecule has 0 N–H and O–H groups in total. The molecular formula is C15H27OSi. The number of hydrogen-bond acceptors (Lipinski definition) is 1. The molecule has 2 unspecified atom stereocenters. The highest BCUT2D eigenvalue weighted by Gasteiger charge is 2.26. The Kier molecular flexibility index (Phi) is 5.30. The Morgan fingerprint density at radius 3 is 2.35 bits per heavy atom. The first kappa shape index (κ1) is 14.8. The van der Waals surface area contributed by atoms with E-state index < -0.39 is 0 Å². The third-order valence-corrected chi connectivity index (χ3v) is 4.68. The summed E-state index contributed by atoms with van der Waals surface area (Å²) in [4.78, 5) is 0. The predicted molar refractivity (Wildman–Crippen MR) is 74.7 cm³/mol. The second-order valence-corrected chi connectivity index (χ2v) is 6.85. The first-order chi connectivity index (χ1) is 7.86. The summed E-state index contributed by atoms with van der Waals surface area (Å²) in [7, 11) is 3.21. The van der Waals surface area contributed by atoms with Crippen LogP contribution in [0.4, 0.5) is 0 Å². The number of rotatable bonds is 1. The van der Waals surface area contributed by atoms with Crippen LogP contribution < -0.4 is 0 Å². The summed E-state index contributed by atoms with van der Waals surface area (Å²) < 4.78 is 5.37. The summed E-state index contributed by atoms with van der Waals surface area (Å²) in [5, 5.41) is 0. The first-order valence-electron chi connectivity index (χ1n) is 6.89. The summed E-state index contributed by atoms with van der Waals surface area (Å²) in [6.07, 6.45) is 6.27. The van der Waals surface area contributed by atoms with Gasteiger partial charge in [-0.15, -0.1) is 0 Å². The van der Waals surface area contributed by atoms with Gasteiger partial charge in [0.2, 0.25) is 0 Å². The highest BCUT2D eigenvalue weighted by atomic mass is 28.2. The van der Waals surface area contributed by atoms with Crippen LogP contribution in [0.25, 0.3) is 0 Å². The zero-order valence-corrected chi connectivity index (χ0v) is 13.1. The number of hydrogen-bond donors (Lipinski definition) is 0. The van der Waals surface area contributed by atoms with Crippen LogP contribution in [-0.4, -0.2) is 10.5 Å².